The molecule has 110 valence electrons. The van der Waals surface area contributed by atoms with E-state index >= 15 is 0 Å². The summed E-state index contributed by atoms with van der Waals surface area (Å²) in [6, 6.07) is 8.56. The zero-order chi connectivity index (χ0) is 15.0. The van der Waals surface area contributed by atoms with Crippen LogP contribution in [0.4, 0.5) is 5.82 Å². The van der Waals surface area contributed by atoms with Gasteiger partial charge in [-0.3, -0.25) is 0 Å². The number of hydrogen-bond donors (Lipinski definition) is 1. The molecule has 0 saturated heterocycles. The van der Waals surface area contributed by atoms with Crippen molar-refractivity contribution in [3.8, 4) is 0 Å². The Balaban J connectivity index is 1.90. The van der Waals surface area contributed by atoms with Gasteiger partial charge in [0.25, 0.3) is 0 Å². The minimum atomic E-state index is -0.338. The van der Waals surface area contributed by atoms with Gasteiger partial charge in [0.1, 0.15) is 11.4 Å². The number of nitrogens with one attached hydrogen (secondary N) is 1. The molecule has 0 fully saturated rings. The van der Waals surface area contributed by atoms with E-state index in [9.17, 15) is 4.79 Å². The highest BCUT2D eigenvalue weighted by atomic mass is 16.5. The number of rotatable bonds is 2. The summed E-state index contributed by atoms with van der Waals surface area (Å²) in [6.45, 7) is 5.47. The summed E-state index contributed by atoms with van der Waals surface area (Å²) >= 11 is 0. The van der Waals surface area contributed by atoms with Gasteiger partial charge in [-0.25, -0.2) is 9.48 Å². The number of carbonyl (C=O) groups is 1. The second kappa shape index (κ2) is 5.24. The quantitative estimate of drug-likeness (QED) is 0.861. The highest BCUT2D eigenvalue weighted by molar-refractivity contribution is 5.96. The smallest absolute Gasteiger partial charge is 0.343 e. The first-order valence-electron chi connectivity index (χ1n) is 7.06. The zero-order valence-electron chi connectivity index (χ0n) is 12.5. The molecule has 5 nitrogen and oxygen atoms in total. The fraction of sp³-hybridized carbons (Fsp3) is 0.375. The summed E-state index contributed by atoms with van der Waals surface area (Å²) in [5, 5.41) is 7.80. The lowest BCUT2D eigenvalue weighted by atomic mass is 9.97. The van der Waals surface area contributed by atoms with Gasteiger partial charge in [0.15, 0.2) is 0 Å². The van der Waals surface area contributed by atoms with Crippen molar-refractivity contribution in [3.05, 3.63) is 46.6 Å². The minimum Gasteiger partial charge on any atom is -0.465 e. The van der Waals surface area contributed by atoms with Crippen LogP contribution in [-0.2, 0) is 11.3 Å². The van der Waals surface area contributed by atoms with E-state index in [1.807, 2.05) is 11.6 Å². The normalized spacial score (nSPS) is 17.0. The molecule has 1 N–H and O–H groups in total. The molecule has 1 aliphatic heterocycles. The third kappa shape index (κ3) is 2.39. The van der Waals surface area contributed by atoms with Gasteiger partial charge >= 0.3 is 5.97 Å². The van der Waals surface area contributed by atoms with E-state index in [0.717, 1.165) is 18.9 Å². The van der Waals surface area contributed by atoms with Crippen LogP contribution < -0.4 is 5.32 Å². The number of nitrogens with zero attached hydrogens (tertiary/aromatic N) is 2. The summed E-state index contributed by atoms with van der Waals surface area (Å²) in [5.41, 5.74) is 3.78. The lowest BCUT2D eigenvalue weighted by molar-refractivity contribution is 0.0601. The molecule has 0 spiro atoms. The van der Waals surface area contributed by atoms with Gasteiger partial charge in [-0.2, -0.15) is 5.10 Å². The Hall–Kier alpha value is -2.30. The molecule has 5 heteroatoms. The molecule has 1 aliphatic rings. The number of methoxy groups -OCH3 is 1. The Bertz CT molecular complexity index is 674. The number of ether oxygens (including phenoxy) is 1. The van der Waals surface area contributed by atoms with E-state index in [1.165, 1.54) is 18.2 Å². The van der Waals surface area contributed by atoms with Gasteiger partial charge in [0, 0.05) is 12.5 Å². The second-order valence-corrected chi connectivity index (χ2v) is 5.47. The summed E-state index contributed by atoms with van der Waals surface area (Å²) in [4.78, 5) is 11.8. The molecule has 1 atom stereocenters. The highest BCUT2D eigenvalue weighted by Crippen LogP contribution is 2.29. The number of carbonyl (C=O) groups excluding carboxylic acids is 1. The predicted octanol–water partition coefficient (Wildman–Crippen LogP) is 2.50. The third-order valence-corrected chi connectivity index (χ3v) is 3.97. The van der Waals surface area contributed by atoms with Gasteiger partial charge < -0.3 is 10.1 Å². The average molecular weight is 285 g/mol. The van der Waals surface area contributed by atoms with Crippen molar-refractivity contribution in [1.29, 1.82) is 0 Å². The number of benzene rings is 1. The van der Waals surface area contributed by atoms with Crippen LogP contribution in [0.2, 0.25) is 0 Å². The van der Waals surface area contributed by atoms with Crippen LogP contribution in [0.25, 0.3) is 0 Å². The van der Waals surface area contributed by atoms with Crippen LogP contribution in [0.15, 0.2) is 24.3 Å². The summed E-state index contributed by atoms with van der Waals surface area (Å²) in [6.07, 6.45) is 0. The lowest BCUT2D eigenvalue weighted by Crippen LogP contribution is -2.27. The van der Waals surface area contributed by atoms with Gasteiger partial charge in [-0.05, 0) is 19.4 Å². The summed E-state index contributed by atoms with van der Waals surface area (Å²) < 4.78 is 6.70. The maximum atomic E-state index is 11.8. The van der Waals surface area contributed by atoms with Crippen molar-refractivity contribution in [2.24, 2.45) is 0 Å². The lowest BCUT2D eigenvalue weighted by Gasteiger charge is -2.25. The zero-order valence-corrected chi connectivity index (χ0v) is 12.5. The van der Waals surface area contributed by atoms with Crippen LogP contribution in [0.3, 0.4) is 0 Å². The van der Waals surface area contributed by atoms with Gasteiger partial charge in [-0.1, -0.05) is 29.8 Å². The number of esters is 1. The first-order chi connectivity index (χ1) is 10.1. The Labute approximate surface area is 123 Å². The number of aryl methyl sites for hydroxylation is 2. The monoisotopic (exact) mass is 285 g/mol. The number of aromatic nitrogens is 2. The average Bonchev–Trinajstić information content (AvgIpc) is 2.82. The van der Waals surface area contributed by atoms with Gasteiger partial charge in [0.2, 0.25) is 0 Å². The molecule has 1 unspecified atom stereocenters. The Morgan fingerprint density at radius 3 is 2.71 bits per heavy atom. The second-order valence-electron chi connectivity index (χ2n) is 5.47. The van der Waals surface area contributed by atoms with Crippen LogP contribution in [0.1, 0.15) is 33.1 Å². The molecule has 1 aromatic heterocycles. The highest BCUT2D eigenvalue weighted by Gasteiger charge is 2.28. The molecule has 2 aromatic rings. The molecule has 0 amide bonds. The Morgan fingerprint density at radius 1 is 1.33 bits per heavy atom. The van der Waals surface area contributed by atoms with E-state index in [-0.39, 0.29) is 5.97 Å². The molecule has 2 heterocycles. The SMILES string of the molecule is COC(=O)c1c(C)nn2c1NCC(c1ccc(C)cc1)C2. The molecule has 1 aromatic carbocycles. The Kier molecular flexibility index (Phi) is 3.41. The van der Waals surface area contributed by atoms with E-state index in [0.29, 0.717) is 17.2 Å². The minimum absolute atomic E-state index is 0.338. The van der Waals surface area contributed by atoms with Crippen LogP contribution >= 0.6 is 0 Å². The third-order valence-electron chi connectivity index (χ3n) is 3.97. The Morgan fingerprint density at radius 2 is 2.05 bits per heavy atom. The van der Waals surface area contributed by atoms with Crippen molar-refractivity contribution in [2.45, 2.75) is 26.3 Å². The van der Waals surface area contributed by atoms with Gasteiger partial charge in [0.05, 0.1) is 19.3 Å². The van der Waals surface area contributed by atoms with E-state index in [4.69, 9.17) is 4.74 Å². The van der Waals surface area contributed by atoms with E-state index in [1.54, 1.807) is 0 Å². The largest absolute Gasteiger partial charge is 0.465 e. The van der Waals surface area contributed by atoms with Crippen LogP contribution in [0.5, 0.6) is 0 Å². The van der Waals surface area contributed by atoms with Crippen LogP contribution in [-0.4, -0.2) is 29.4 Å². The fourth-order valence-corrected chi connectivity index (χ4v) is 2.79. The predicted molar refractivity (Wildman–Crippen MR) is 80.7 cm³/mol. The molecule has 0 bridgehead atoms. The summed E-state index contributed by atoms with van der Waals surface area (Å²) in [7, 11) is 1.39. The van der Waals surface area contributed by atoms with Gasteiger partial charge in [-0.15, -0.1) is 0 Å². The fourth-order valence-electron chi connectivity index (χ4n) is 2.79. The molecule has 0 saturated carbocycles. The topological polar surface area (TPSA) is 56.1 Å². The standard InChI is InChI=1S/C16H19N3O2/c1-10-4-6-12(7-5-10)13-8-17-15-14(16(20)21-3)11(2)18-19(15)9-13/h4-7,13,17H,8-9H2,1-3H3. The van der Waals surface area contributed by atoms with E-state index in [2.05, 4.69) is 41.6 Å². The van der Waals surface area contributed by atoms with Crippen molar-refractivity contribution in [2.75, 3.05) is 19.0 Å². The molecule has 3 rings (SSSR count). The number of anilines is 1. The van der Waals surface area contributed by atoms with Crippen molar-refractivity contribution >= 4 is 11.8 Å². The van der Waals surface area contributed by atoms with Crippen molar-refractivity contribution in [1.82, 2.24) is 9.78 Å². The first-order valence-corrected chi connectivity index (χ1v) is 7.06. The maximum Gasteiger partial charge on any atom is 0.343 e. The van der Waals surface area contributed by atoms with Crippen molar-refractivity contribution in [3.63, 3.8) is 0 Å². The molecule has 21 heavy (non-hydrogen) atoms. The molecular formula is C16H19N3O2. The number of fused-ring (bicyclic) bond motifs is 1. The maximum absolute atomic E-state index is 11.8. The van der Waals surface area contributed by atoms with Crippen LogP contribution in [0, 0.1) is 13.8 Å². The first kappa shape index (κ1) is 13.7. The molecular weight excluding hydrogens is 266 g/mol. The van der Waals surface area contributed by atoms with E-state index < -0.39 is 0 Å². The van der Waals surface area contributed by atoms with Crippen molar-refractivity contribution < 1.29 is 9.53 Å². The summed E-state index contributed by atoms with van der Waals surface area (Å²) in [5.74, 6) is 0.778. The molecule has 0 aliphatic carbocycles. The molecule has 0 radical (unpaired) electrons. The number of hydrogen-bond acceptors (Lipinski definition) is 4.